The van der Waals surface area contributed by atoms with Gasteiger partial charge in [-0.1, -0.05) is 26.2 Å². The average Bonchev–Trinajstić information content (AvgIpc) is 2.52. The topological polar surface area (TPSA) is 52.6 Å². The molecule has 2 fully saturated rings. The second-order valence-corrected chi connectivity index (χ2v) is 7.00. The molecule has 0 bridgehead atoms. The van der Waals surface area contributed by atoms with E-state index in [1.165, 1.54) is 32.1 Å². The van der Waals surface area contributed by atoms with E-state index < -0.39 is 0 Å². The van der Waals surface area contributed by atoms with Gasteiger partial charge in [0.15, 0.2) is 0 Å². The van der Waals surface area contributed by atoms with Crippen molar-refractivity contribution < 1.29 is 9.90 Å². The van der Waals surface area contributed by atoms with Crippen LogP contribution in [0, 0.1) is 11.8 Å². The second kappa shape index (κ2) is 8.14. The number of amides is 1. The number of aliphatic hydroxyl groups excluding tert-OH is 1. The van der Waals surface area contributed by atoms with Gasteiger partial charge in [0.05, 0.1) is 6.10 Å². The Balaban J connectivity index is 1.85. The van der Waals surface area contributed by atoms with E-state index in [0.717, 1.165) is 25.4 Å². The van der Waals surface area contributed by atoms with Crippen LogP contribution in [0.5, 0.6) is 0 Å². The zero-order chi connectivity index (χ0) is 15.2. The van der Waals surface area contributed by atoms with Crippen LogP contribution in [0.3, 0.4) is 0 Å². The van der Waals surface area contributed by atoms with Crippen LogP contribution in [0.2, 0.25) is 0 Å². The predicted molar refractivity (Wildman–Crippen MR) is 85.0 cm³/mol. The summed E-state index contributed by atoms with van der Waals surface area (Å²) in [6.07, 6.45) is 8.02. The van der Waals surface area contributed by atoms with Crippen LogP contribution in [0.25, 0.3) is 0 Å². The first-order chi connectivity index (χ1) is 10.1. The molecular formula is C17H32N2O2. The van der Waals surface area contributed by atoms with Gasteiger partial charge in [-0.2, -0.15) is 0 Å². The number of hydrogen-bond acceptors (Lipinski definition) is 3. The summed E-state index contributed by atoms with van der Waals surface area (Å²) in [4.78, 5) is 13.9. The first-order valence-corrected chi connectivity index (χ1v) is 8.79. The van der Waals surface area contributed by atoms with E-state index in [0.29, 0.717) is 19.0 Å². The molecule has 1 aliphatic carbocycles. The molecule has 2 N–H and O–H groups in total. The van der Waals surface area contributed by atoms with Gasteiger partial charge in [0.2, 0.25) is 5.91 Å². The number of carbonyl (C=O) groups excluding carboxylic acids is 1. The number of nitrogens with zero attached hydrogens (tertiary/aromatic N) is 1. The molecule has 21 heavy (non-hydrogen) atoms. The maximum atomic E-state index is 12.0. The molecule has 4 heteroatoms. The van der Waals surface area contributed by atoms with Gasteiger partial charge in [0.1, 0.15) is 0 Å². The van der Waals surface area contributed by atoms with Gasteiger partial charge < -0.3 is 15.3 Å². The molecule has 0 spiro atoms. The van der Waals surface area contributed by atoms with E-state index in [4.69, 9.17) is 0 Å². The van der Waals surface area contributed by atoms with Crippen molar-refractivity contribution in [2.75, 3.05) is 19.6 Å². The molecule has 3 atom stereocenters. The molecule has 3 unspecified atom stereocenters. The predicted octanol–water partition coefficient (Wildman–Crippen LogP) is 2.16. The van der Waals surface area contributed by atoms with Crippen molar-refractivity contribution in [1.29, 1.82) is 0 Å². The lowest BCUT2D eigenvalue weighted by Crippen LogP contribution is -2.53. The lowest BCUT2D eigenvalue weighted by Gasteiger charge is -2.40. The van der Waals surface area contributed by atoms with E-state index >= 15 is 0 Å². The Morgan fingerprint density at radius 2 is 2.00 bits per heavy atom. The Morgan fingerprint density at radius 1 is 1.29 bits per heavy atom. The normalized spacial score (nSPS) is 29.4. The third-order valence-corrected chi connectivity index (χ3v) is 5.24. The van der Waals surface area contributed by atoms with Gasteiger partial charge in [-0.15, -0.1) is 0 Å². The van der Waals surface area contributed by atoms with Crippen molar-refractivity contribution >= 4 is 5.91 Å². The van der Waals surface area contributed by atoms with Crippen molar-refractivity contribution in [1.82, 2.24) is 10.2 Å². The lowest BCUT2D eigenvalue weighted by molar-refractivity contribution is -0.134. The quantitative estimate of drug-likeness (QED) is 0.817. The molecule has 1 saturated carbocycles. The van der Waals surface area contributed by atoms with Crippen molar-refractivity contribution in [3.05, 3.63) is 0 Å². The van der Waals surface area contributed by atoms with Gasteiger partial charge in [0, 0.05) is 31.5 Å². The molecule has 1 amide bonds. The summed E-state index contributed by atoms with van der Waals surface area (Å²) >= 11 is 0. The molecule has 122 valence electrons. The number of carbonyl (C=O) groups is 1. The van der Waals surface area contributed by atoms with Crippen LogP contribution in [0.4, 0.5) is 0 Å². The van der Waals surface area contributed by atoms with E-state index in [1.54, 1.807) is 0 Å². The molecule has 0 aromatic heterocycles. The van der Waals surface area contributed by atoms with Crippen molar-refractivity contribution in [3.8, 4) is 0 Å². The fraction of sp³-hybridized carbons (Fsp3) is 0.941. The summed E-state index contributed by atoms with van der Waals surface area (Å²) in [5.74, 6) is 1.23. The molecule has 2 rings (SSSR count). The van der Waals surface area contributed by atoms with Crippen LogP contribution >= 0.6 is 0 Å². The van der Waals surface area contributed by atoms with Crippen molar-refractivity contribution in [2.24, 2.45) is 11.8 Å². The molecule has 1 saturated heterocycles. The summed E-state index contributed by atoms with van der Waals surface area (Å²) in [6, 6.07) is 0.343. The third kappa shape index (κ3) is 4.96. The molecule has 0 radical (unpaired) electrons. The molecule has 0 aromatic carbocycles. The highest BCUT2D eigenvalue weighted by Gasteiger charge is 2.31. The highest BCUT2D eigenvalue weighted by molar-refractivity contribution is 5.76. The SMILES string of the molecule is CCC(=O)N1CC(NCC2CCCCC2)CC(C(C)O)C1. The summed E-state index contributed by atoms with van der Waals surface area (Å²) in [5, 5.41) is 13.6. The highest BCUT2D eigenvalue weighted by atomic mass is 16.3. The Bertz CT molecular complexity index is 327. The minimum Gasteiger partial charge on any atom is -0.393 e. The van der Waals surface area contributed by atoms with Crippen LogP contribution < -0.4 is 5.32 Å². The van der Waals surface area contributed by atoms with Crippen molar-refractivity contribution in [2.45, 2.75) is 70.9 Å². The first-order valence-electron chi connectivity index (χ1n) is 8.79. The zero-order valence-corrected chi connectivity index (χ0v) is 13.7. The van der Waals surface area contributed by atoms with E-state index in [2.05, 4.69) is 5.32 Å². The number of rotatable bonds is 5. The Labute approximate surface area is 129 Å². The second-order valence-electron chi connectivity index (χ2n) is 7.00. The fourth-order valence-electron chi connectivity index (χ4n) is 3.79. The highest BCUT2D eigenvalue weighted by Crippen LogP contribution is 2.25. The maximum Gasteiger partial charge on any atom is 0.222 e. The van der Waals surface area contributed by atoms with Crippen LogP contribution in [0.1, 0.15) is 58.8 Å². The van der Waals surface area contributed by atoms with E-state index in [-0.39, 0.29) is 17.9 Å². The minimum atomic E-state index is -0.337. The molecular weight excluding hydrogens is 264 g/mol. The first kappa shape index (κ1) is 16.8. The smallest absolute Gasteiger partial charge is 0.222 e. The van der Waals surface area contributed by atoms with E-state index in [1.807, 2.05) is 18.7 Å². The van der Waals surface area contributed by atoms with Gasteiger partial charge in [-0.3, -0.25) is 4.79 Å². The Morgan fingerprint density at radius 3 is 2.62 bits per heavy atom. The zero-order valence-electron chi connectivity index (χ0n) is 13.7. The lowest BCUT2D eigenvalue weighted by atomic mass is 9.87. The number of piperidine rings is 1. The standard InChI is InChI=1S/C17H32N2O2/c1-3-17(21)19-11-15(13(2)20)9-16(12-19)18-10-14-7-5-4-6-8-14/h13-16,18,20H,3-12H2,1-2H3. The molecule has 0 aromatic rings. The van der Waals surface area contributed by atoms with Crippen LogP contribution in [0.15, 0.2) is 0 Å². The molecule has 1 aliphatic heterocycles. The third-order valence-electron chi connectivity index (χ3n) is 5.24. The monoisotopic (exact) mass is 296 g/mol. The van der Waals surface area contributed by atoms with E-state index in [9.17, 15) is 9.90 Å². The van der Waals surface area contributed by atoms with Crippen LogP contribution in [-0.2, 0) is 4.79 Å². The number of likely N-dealkylation sites (tertiary alicyclic amines) is 1. The largest absolute Gasteiger partial charge is 0.393 e. The summed E-state index contributed by atoms with van der Waals surface area (Å²) in [7, 11) is 0. The minimum absolute atomic E-state index is 0.207. The molecule has 1 heterocycles. The number of nitrogens with one attached hydrogen (secondary N) is 1. The maximum absolute atomic E-state index is 12.0. The fourth-order valence-corrected chi connectivity index (χ4v) is 3.79. The van der Waals surface area contributed by atoms with Gasteiger partial charge in [-0.05, 0) is 38.6 Å². The van der Waals surface area contributed by atoms with Gasteiger partial charge >= 0.3 is 0 Å². The van der Waals surface area contributed by atoms with Gasteiger partial charge in [0.25, 0.3) is 0 Å². The average molecular weight is 296 g/mol. The Kier molecular flexibility index (Phi) is 6.49. The summed E-state index contributed by atoms with van der Waals surface area (Å²) in [5.41, 5.74) is 0. The number of aliphatic hydroxyl groups is 1. The van der Waals surface area contributed by atoms with Gasteiger partial charge in [-0.25, -0.2) is 0 Å². The van der Waals surface area contributed by atoms with Crippen molar-refractivity contribution in [3.63, 3.8) is 0 Å². The number of hydrogen-bond donors (Lipinski definition) is 2. The summed E-state index contributed by atoms with van der Waals surface area (Å²) in [6.45, 7) is 6.36. The summed E-state index contributed by atoms with van der Waals surface area (Å²) < 4.78 is 0. The molecule has 2 aliphatic rings. The molecule has 4 nitrogen and oxygen atoms in total. The Hall–Kier alpha value is -0.610. The van der Waals surface area contributed by atoms with Crippen LogP contribution in [-0.4, -0.2) is 47.7 Å².